The second-order valence-electron chi connectivity index (χ2n) is 8.19. The molecular formula is C24H31ClN4O5. The van der Waals surface area contributed by atoms with Crippen LogP contribution >= 0.6 is 12.4 Å². The highest BCUT2D eigenvalue weighted by atomic mass is 35.5. The Balaban J connectivity index is 0.00000408. The highest BCUT2D eigenvalue weighted by Gasteiger charge is 2.40. The van der Waals surface area contributed by atoms with Gasteiger partial charge < -0.3 is 30.3 Å². The van der Waals surface area contributed by atoms with E-state index in [0.29, 0.717) is 37.4 Å². The van der Waals surface area contributed by atoms with E-state index in [4.69, 9.17) is 9.47 Å². The highest BCUT2D eigenvalue weighted by Crippen LogP contribution is 2.30. The number of hydrogen-bond acceptors (Lipinski definition) is 6. The van der Waals surface area contributed by atoms with Gasteiger partial charge in [0.05, 0.1) is 5.41 Å². The van der Waals surface area contributed by atoms with Crippen molar-refractivity contribution in [2.45, 2.75) is 19.4 Å². The number of amides is 3. The molecule has 0 unspecified atom stereocenters. The zero-order valence-electron chi connectivity index (χ0n) is 19.3. The third-order valence-electron chi connectivity index (χ3n) is 5.49. The quantitative estimate of drug-likeness (QED) is 0.549. The summed E-state index contributed by atoms with van der Waals surface area (Å²) in [6.07, 6.45) is 0.0499. The lowest BCUT2D eigenvalue weighted by Crippen LogP contribution is -2.51. The molecule has 2 aromatic rings. The van der Waals surface area contributed by atoms with Crippen LogP contribution in [0.4, 0.5) is 15.3 Å². The Bertz CT molecular complexity index is 965. The number of carbonyl (C=O) groups excluding carboxylic acids is 3. The Labute approximate surface area is 205 Å². The Morgan fingerprint density at radius 3 is 2.41 bits per heavy atom. The molecule has 9 nitrogen and oxygen atoms in total. The van der Waals surface area contributed by atoms with Gasteiger partial charge in [-0.15, -0.1) is 12.4 Å². The van der Waals surface area contributed by atoms with Crippen molar-refractivity contribution in [2.24, 2.45) is 5.41 Å². The monoisotopic (exact) mass is 490 g/mol. The minimum Gasteiger partial charge on any atom is -0.445 e. The number of anilines is 1. The van der Waals surface area contributed by atoms with Crippen molar-refractivity contribution in [3.8, 4) is 5.75 Å². The molecule has 0 aromatic heterocycles. The summed E-state index contributed by atoms with van der Waals surface area (Å²) in [6, 6.07) is 16.0. The molecule has 1 heterocycles. The summed E-state index contributed by atoms with van der Waals surface area (Å²) in [6.45, 7) is 1.64. The van der Waals surface area contributed by atoms with Gasteiger partial charge in [0.1, 0.15) is 12.4 Å². The summed E-state index contributed by atoms with van der Waals surface area (Å²) < 4.78 is 10.5. The molecule has 0 atom stereocenters. The Hall–Kier alpha value is -3.30. The predicted octanol–water partition coefficient (Wildman–Crippen LogP) is 3.40. The first-order valence-corrected chi connectivity index (χ1v) is 10.8. The van der Waals surface area contributed by atoms with Gasteiger partial charge >= 0.3 is 12.2 Å². The molecule has 10 heteroatoms. The number of nitrogens with one attached hydrogen (secondary N) is 3. The summed E-state index contributed by atoms with van der Waals surface area (Å²) in [7, 11) is 3.18. The standard InChI is InChI=1S/C24H30N4O5.ClH/c1-28(2)23(31)33-20-10-6-9-19(15-20)27-21(29)24(11-13-25-14-12-24)17-26-22(30)32-16-18-7-4-3-5-8-18;/h3-10,15,25H,11-14,16-17H2,1-2H3,(H,26,30)(H,27,29);1H. The lowest BCUT2D eigenvalue weighted by molar-refractivity contribution is -0.126. The van der Waals surface area contributed by atoms with Crippen LogP contribution in [0.3, 0.4) is 0 Å². The van der Waals surface area contributed by atoms with Gasteiger partial charge in [-0.1, -0.05) is 36.4 Å². The van der Waals surface area contributed by atoms with Crippen LogP contribution in [0.15, 0.2) is 54.6 Å². The van der Waals surface area contributed by atoms with Gasteiger partial charge in [-0.25, -0.2) is 9.59 Å². The molecule has 0 spiro atoms. The van der Waals surface area contributed by atoms with E-state index in [9.17, 15) is 14.4 Å². The van der Waals surface area contributed by atoms with Crippen molar-refractivity contribution in [1.29, 1.82) is 0 Å². The van der Waals surface area contributed by atoms with Gasteiger partial charge in [-0.2, -0.15) is 0 Å². The zero-order chi connectivity index (χ0) is 23.7. The minimum absolute atomic E-state index is 0. The first kappa shape index (κ1) is 26.9. The van der Waals surface area contributed by atoms with Gasteiger partial charge in [0, 0.05) is 32.4 Å². The molecule has 1 aliphatic heterocycles. The Kier molecular flexibility index (Phi) is 10.2. The molecule has 0 radical (unpaired) electrons. The van der Waals surface area contributed by atoms with Gasteiger partial charge in [0.15, 0.2) is 0 Å². The van der Waals surface area contributed by atoms with Crippen LogP contribution < -0.4 is 20.7 Å². The molecule has 184 valence electrons. The number of rotatable bonds is 7. The van der Waals surface area contributed by atoms with E-state index in [2.05, 4.69) is 16.0 Å². The highest BCUT2D eigenvalue weighted by molar-refractivity contribution is 5.96. The number of halogens is 1. The van der Waals surface area contributed by atoms with Crippen LogP contribution in [0.5, 0.6) is 5.75 Å². The smallest absolute Gasteiger partial charge is 0.414 e. The predicted molar refractivity (Wildman–Crippen MR) is 131 cm³/mol. The average molecular weight is 491 g/mol. The summed E-state index contributed by atoms with van der Waals surface area (Å²) in [5.41, 5.74) is 0.610. The Morgan fingerprint density at radius 2 is 1.74 bits per heavy atom. The second kappa shape index (κ2) is 12.8. The molecule has 1 fully saturated rings. The largest absolute Gasteiger partial charge is 0.445 e. The summed E-state index contributed by atoms with van der Waals surface area (Å²) >= 11 is 0. The maximum absolute atomic E-state index is 13.3. The average Bonchev–Trinajstić information content (AvgIpc) is 2.83. The van der Waals surface area contributed by atoms with Crippen LogP contribution in [0.25, 0.3) is 0 Å². The van der Waals surface area contributed by atoms with Crippen molar-refractivity contribution in [3.05, 3.63) is 60.2 Å². The summed E-state index contributed by atoms with van der Waals surface area (Å²) in [5.74, 6) is 0.122. The number of ether oxygens (including phenoxy) is 2. The van der Waals surface area contributed by atoms with Crippen LogP contribution in [-0.4, -0.2) is 56.7 Å². The second-order valence-corrected chi connectivity index (χ2v) is 8.19. The number of carbonyl (C=O) groups is 3. The minimum atomic E-state index is -0.784. The van der Waals surface area contributed by atoms with E-state index in [1.807, 2.05) is 30.3 Å². The lowest BCUT2D eigenvalue weighted by Gasteiger charge is -2.36. The van der Waals surface area contributed by atoms with Gasteiger partial charge in [0.25, 0.3) is 0 Å². The van der Waals surface area contributed by atoms with E-state index in [1.165, 1.54) is 4.90 Å². The molecule has 2 aromatic carbocycles. The van der Waals surface area contributed by atoms with Crippen LogP contribution in [0, 0.1) is 5.41 Å². The molecule has 3 rings (SSSR count). The molecule has 1 aliphatic rings. The van der Waals surface area contributed by atoms with Gasteiger partial charge in [-0.3, -0.25) is 4.79 Å². The van der Waals surface area contributed by atoms with Gasteiger partial charge in [0.2, 0.25) is 5.91 Å². The first-order chi connectivity index (χ1) is 15.9. The molecule has 3 amide bonds. The molecule has 1 saturated heterocycles. The topological polar surface area (TPSA) is 109 Å². The number of piperidine rings is 1. The molecular weight excluding hydrogens is 460 g/mol. The maximum Gasteiger partial charge on any atom is 0.414 e. The fraction of sp³-hybridized carbons (Fsp3) is 0.375. The molecule has 3 N–H and O–H groups in total. The SMILES string of the molecule is CN(C)C(=O)Oc1cccc(NC(=O)C2(CNC(=O)OCc3ccccc3)CCNCC2)c1.Cl. The van der Waals surface area contributed by atoms with Crippen LogP contribution in [-0.2, 0) is 16.1 Å². The lowest BCUT2D eigenvalue weighted by atomic mass is 9.77. The van der Waals surface area contributed by atoms with Crippen molar-refractivity contribution in [3.63, 3.8) is 0 Å². The fourth-order valence-electron chi connectivity index (χ4n) is 3.50. The van der Waals surface area contributed by atoms with Crippen molar-refractivity contribution in [1.82, 2.24) is 15.5 Å². The fourth-order valence-corrected chi connectivity index (χ4v) is 3.50. The van der Waals surface area contributed by atoms with Crippen LogP contribution in [0.2, 0.25) is 0 Å². The van der Waals surface area contributed by atoms with Crippen molar-refractivity contribution >= 4 is 36.2 Å². The summed E-state index contributed by atoms with van der Waals surface area (Å²) in [4.78, 5) is 38.6. The molecule has 0 aliphatic carbocycles. The van der Waals surface area contributed by atoms with E-state index < -0.39 is 17.6 Å². The maximum atomic E-state index is 13.3. The normalized spacial score (nSPS) is 14.2. The molecule has 0 bridgehead atoms. The number of alkyl carbamates (subject to hydrolysis) is 1. The van der Waals surface area contributed by atoms with E-state index in [0.717, 1.165) is 5.56 Å². The third-order valence-corrected chi connectivity index (χ3v) is 5.49. The molecule has 34 heavy (non-hydrogen) atoms. The number of hydrogen-bond donors (Lipinski definition) is 3. The van der Waals surface area contributed by atoms with E-state index in [-0.39, 0.29) is 31.5 Å². The number of benzene rings is 2. The van der Waals surface area contributed by atoms with E-state index >= 15 is 0 Å². The Morgan fingerprint density at radius 1 is 1.03 bits per heavy atom. The zero-order valence-corrected chi connectivity index (χ0v) is 20.2. The summed E-state index contributed by atoms with van der Waals surface area (Å²) in [5, 5.41) is 8.92. The molecule has 0 saturated carbocycles. The van der Waals surface area contributed by atoms with Crippen molar-refractivity contribution < 1.29 is 23.9 Å². The van der Waals surface area contributed by atoms with E-state index in [1.54, 1.807) is 38.4 Å². The first-order valence-electron chi connectivity index (χ1n) is 10.8. The van der Waals surface area contributed by atoms with Crippen molar-refractivity contribution in [2.75, 3.05) is 39.0 Å². The van der Waals surface area contributed by atoms with Gasteiger partial charge in [-0.05, 0) is 43.6 Å². The third kappa shape index (κ3) is 7.64. The number of nitrogens with zero attached hydrogens (tertiary/aromatic N) is 1. The van der Waals surface area contributed by atoms with Crippen LogP contribution in [0.1, 0.15) is 18.4 Å².